The number of anilines is 1. The highest BCUT2D eigenvalue weighted by Gasteiger charge is 2.28. The van der Waals surface area contributed by atoms with E-state index in [1.165, 1.54) is 0 Å². The van der Waals surface area contributed by atoms with E-state index in [0.29, 0.717) is 11.6 Å². The number of ether oxygens (including phenoxy) is 1. The number of nitrogens with one attached hydrogen (secondary N) is 1. The molecule has 2 aromatic heterocycles. The van der Waals surface area contributed by atoms with Crippen LogP contribution in [0.1, 0.15) is 19.3 Å². The van der Waals surface area contributed by atoms with Gasteiger partial charge in [-0.3, -0.25) is 4.79 Å². The van der Waals surface area contributed by atoms with E-state index in [1.54, 1.807) is 6.20 Å². The maximum atomic E-state index is 12.6. The van der Waals surface area contributed by atoms with Crippen molar-refractivity contribution in [3.63, 3.8) is 0 Å². The first-order chi connectivity index (χ1) is 15.1. The van der Waals surface area contributed by atoms with Crippen molar-refractivity contribution >= 4 is 34.4 Å². The van der Waals surface area contributed by atoms with Gasteiger partial charge < -0.3 is 19.5 Å². The molecule has 5 rings (SSSR count). The van der Waals surface area contributed by atoms with E-state index in [-0.39, 0.29) is 17.9 Å². The number of carbonyl (C=O) groups excluding carboxylic acids is 1. The molecule has 1 unspecified atom stereocenters. The molecule has 0 radical (unpaired) electrons. The van der Waals surface area contributed by atoms with Gasteiger partial charge in [-0.15, -0.1) is 0 Å². The number of rotatable bonds is 4. The normalized spacial score (nSPS) is 19.8. The second kappa shape index (κ2) is 8.48. The Bertz CT molecular complexity index is 1100. The van der Waals surface area contributed by atoms with E-state index in [4.69, 9.17) is 21.3 Å². The van der Waals surface area contributed by atoms with Crippen LogP contribution >= 0.6 is 11.6 Å². The van der Waals surface area contributed by atoms with E-state index in [2.05, 4.69) is 25.8 Å². The van der Waals surface area contributed by atoms with Crippen LogP contribution in [0.15, 0.2) is 36.5 Å². The van der Waals surface area contributed by atoms with Crippen LogP contribution in [0.4, 0.5) is 5.82 Å². The number of fused-ring (bicyclic) bond motifs is 1. The summed E-state index contributed by atoms with van der Waals surface area (Å²) >= 11 is 6.52. The van der Waals surface area contributed by atoms with Crippen molar-refractivity contribution in [3.05, 3.63) is 41.6 Å². The Balaban J connectivity index is 1.31. The van der Waals surface area contributed by atoms with Gasteiger partial charge in [-0.25, -0.2) is 9.97 Å². The Hall–Kier alpha value is -2.64. The number of para-hydroxylation sites is 2. The molecule has 1 amide bonds. The van der Waals surface area contributed by atoms with Gasteiger partial charge >= 0.3 is 0 Å². The number of nitrogens with zero attached hydrogens (tertiary/aromatic N) is 4. The highest BCUT2D eigenvalue weighted by molar-refractivity contribution is 6.33. The quantitative estimate of drug-likeness (QED) is 0.674. The smallest absolute Gasteiger partial charge is 0.223 e. The number of carbonyl (C=O) groups is 1. The molecule has 1 N–H and O–H groups in total. The zero-order chi connectivity index (χ0) is 21.4. The van der Waals surface area contributed by atoms with Crippen LogP contribution in [-0.2, 0) is 16.6 Å². The number of benzene rings is 1. The van der Waals surface area contributed by atoms with Crippen molar-refractivity contribution in [2.75, 3.05) is 31.2 Å². The Morgan fingerprint density at radius 3 is 2.77 bits per heavy atom. The summed E-state index contributed by atoms with van der Waals surface area (Å²) in [5, 5.41) is 3.71. The lowest BCUT2D eigenvalue weighted by Gasteiger charge is -2.32. The third-order valence-corrected chi connectivity index (χ3v) is 6.64. The first kappa shape index (κ1) is 20.3. The van der Waals surface area contributed by atoms with Crippen molar-refractivity contribution in [2.24, 2.45) is 13.0 Å². The molecule has 2 saturated heterocycles. The molecule has 31 heavy (non-hydrogen) atoms. The third-order valence-electron chi connectivity index (χ3n) is 6.33. The Morgan fingerprint density at radius 2 is 2.03 bits per heavy atom. The summed E-state index contributed by atoms with van der Waals surface area (Å²) in [7, 11) is 2.00. The number of hydrogen-bond donors (Lipinski definition) is 1. The first-order valence-corrected chi connectivity index (χ1v) is 11.2. The van der Waals surface area contributed by atoms with Gasteiger partial charge in [0.15, 0.2) is 0 Å². The maximum Gasteiger partial charge on any atom is 0.223 e. The molecule has 2 aliphatic heterocycles. The Kier molecular flexibility index (Phi) is 5.54. The number of pyridine rings is 1. The molecule has 0 spiro atoms. The zero-order valence-corrected chi connectivity index (χ0v) is 18.3. The lowest BCUT2D eigenvalue weighted by atomic mass is 9.95. The van der Waals surface area contributed by atoms with Crippen molar-refractivity contribution in [1.29, 1.82) is 0 Å². The monoisotopic (exact) mass is 439 g/mol. The summed E-state index contributed by atoms with van der Waals surface area (Å²) in [5.74, 6) is 1.89. The predicted octanol–water partition coefficient (Wildman–Crippen LogP) is 3.41. The lowest BCUT2D eigenvalue weighted by molar-refractivity contribution is -0.126. The van der Waals surface area contributed by atoms with Gasteiger partial charge in [0.25, 0.3) is 0 Å². The molecule has 1 aromatic carbocycles. The predicted molar refractivity (Wildman–Crippen MR) is 121 cm³/mol. The van der Waals surface area contributed by atoms with Crippen molar-refractivity contribution in [1.82, 2.24) is 19.9 Å². The largest absolute Gasteiger partial charge is 0.379 e. The number of piperidine rings is 1. The van der Waals surface area contributed by atoms with Crippen LogP contribution in [0.25, 0.3) is 22.4 Å². The number of aryl methyl sites for hydroxylation is 1. The summed E-state index contributed by atoms with van der Waals surface area (Å²) in [4.78, 5) is 24.1. The molecule has 162 valence electrons. The zero-order valence-electron chi connectivity index (χ0n) is 17.6. The number of halogens is 1. The van der Waals surface area contributed by atoms with Gasteiger partial charge in [0.1, 0.15) is 11.6 Å². The van der Waals surface area contributed by atoms with Crippen LogP contribution in [0.2, 0.25) is 5.02 Å². The Labute approximate surface area is 186 Å². The van der Waals surface area contributed by atoms with E-state index in [0.717, 1.165) is 67.2 Å². The van der Waals surface area contributed by atoms with Gasteiger partial charge in [-0.05, 0) is 37.5 Å². The number of amides is 1. The van der Waals surface area contributed by atoms with Crippen molar-refractivity contribution < 1.29 is 9.53 Å². The van der Waals surface area contributed by atoms with Gasteiger partial charge in [0.05, 0.1) is 28.7 Å². The number of aromatic nitrogens is 3. The molecule has 1 atom stereocenters. The molecule has 0 aliphatic carbocycles. The fourth-order valence-electron chi connectivity index (χ4n) is 4.50. The van der Waals surface area contributed by atoms with E-state index in [9.17, 15) is 4.79 Å². The third kappa shape index (κ3) is 4.00. The molecule has 7 nitrogen and oxygen atoms in total. The highest BCUT2D eigenvalue weighted by atomic mass is 35.5. The van der Waals surface area contributed by atoms with Crippen LogP contribution in [-0.4, -0.2) is 52.8 Å². The number of hydrogen-bond acceptors (Lipinski definition) is 5. The second-order valence-corrected chi connectivity index (χ2v) is 8.74. The highest BCUT2D eigenvalue weighted by Crippen LogP contribution is 2.33. The summed E-state index contributed by atoms with van der Waals surface area (Å²) in [6.07, 6.45) is 4.23. The fourth-order valence-corrected chi connectivity index (χ4v) is 4.68. The van der Waals surface area contributed by atoms with Crippen LogP contribution < -0.4 is 10.2 Å². The summed E-state index contributed by atoms with van der Waals surface area (Å²) in [6.45, 7) is 2.94. The second-order valence-electron chi connectivity index (χ2n) is 8.34. The molecule has 4 heterocycles. The minimum Gasteiger partial charge on any atom is -0.379 e. The molecule has 8 heteroatoms. The van der Waals surface area contributed by atoms with Gasteiger partial charge in [-0.2, -0.15) is 0 Å². The molecule has 3 aromatic rings. The molecule has 0 bridgehead atoms. The SMILES string of the molecule is Cn1c(-c2cc(N3CCC(C(=O)NC4CCOC4)CC3)ncc2Cl)nc2ccccc21. The van der Waals surface area contributed by atoms with Crippen molar-refractivity contribution in [3.8, 4) is 11.4 Å². The molecule has 2 aliphatic rings. The van der Waals surface area contributed by atoms with Crippen LogP contribution in [0, 0.1) is 5.92 Å². The van der Waals surface area contributed by atoms with E-state index >= 15 is 0 Å². The minimum atomic E-state index is 0.0449. The molecule has 0 saturated carbocycles. The lowest BCUT2D eigenvalue weighted by Crippen LogP contribution is -2.44. The molecular weight excluding hydrogens is 414 g/mol. The molecule has 2 fully saturated rings. The fraction of sp³-hybridized carbons (Fsp3) is 0.435. The average molecular weight is 440 g/mol. The van der Waals surface area contributed by atoms with Crippen molar-refractivity contribution in [2.45, 2.75) is 25.3 Å². The van der Waals surface area contributed by atoms with Gasteiger partial charge in [0, 0.05) is 44.4 Å². The topological polar surface area (TPSA) is 72.3 Å². The maximum absolute atomic E-state index is 12.6. The first-order valence-electron chi connectivity index (χ1n) is 10.8. The van der Waals surface area contributed by atoms with Gasteiger partial charge in [0.2, 0.25) is 5.91 Å². The van der Waals surface area contributed by atoms with Gasteiger partial charge in [-0.1, -0.05) is 23.7 Å². The molecular formula is C23H26ClN5O2. The van der Waals surface area contributed by atoms with E-state index < -0.39 is 0 Å². The minimum absolute atomic E-state index is 0.0449. The Morgan fingerprint density at radius 1 is 1.23 bits per heavy atom. The average Bonchev–Trinajstić information content (AvgIpc) is 3.42. The van der Waals surface area contributed by atoms with Crippen LogP contribution in [0.5, 0.6) is 0 Å². The summed E-state index contributed by atoms with van der Waals surface area (Å²) in [5.41, 5.74) is 2.87. The number of imidazole rings is 1. The van der Waals surface area contributed by atoms with E-state index in [1.807, 2.05) is 31.3 Å². The van der Waals surface area contributed by atoms with Crippen LogP contribution in [0.3, 0.4) is 0 Å². The standard InChI is InChI=1S/C23H26ClN5O2/c1-28-20-5-3-2-4-19(20)27-22(28)17-12-21(25-13-18(17)24)29-9-6-15(7-10-29)23(30)26-16-8-11-31-14-16/h2-5,12-13,15-16H,6-11,14H2,1H3,(H,26,30). The summed E-state index contributed by atoms with van der Waals surface area (Å²) in [6, 6.07) is 10.2. The summed E-state index contributed by atoms with van der Waals surface area (Å²) < 4.78 is 7.42.